The van der Waals surface area contributed by atoms with Crippen molar-refractivity contribution in [1.82, 2.24) is 14.9 Å². The molecule has 1 saturated carbocycles. The number of hydrogen-bond donors (Lipinski definition) is 1. The van der Waals surface area contributed by atoms with Gasteiger partial charge in [0, 0.05) is 18.9 Å². The van der Waals surface area contributed by atoms with Crippen molar-refractivity contribution in [2.45, 2.75) is 78.2 Å². The molecule has 1 fully saturated rings. The molecule has 1 aliphatic carbocycles. The molecule has 1 heterocycles. The van der Waals surface area contributed by atoms with Crippen LogP contribution in [0.15, 0.2) is 42.5 Å². The number of para-hydroxylation sites is 2. The van der Waals surface area contributed by atoms with Gasteiger partial charge in [0.2, 0.25) is 5.91 Å². The molecule has 3 aromatic rings. The fourth-order valence-electron chi connectivity index (χ4n) is 4.93. The molecule has 2 aromatic carbocycles. The van der Waals surface area contributed by atoms with Gasteiger partial charge >= 0.3 is 0 Å². The molecule has 1 aliphatic rings. The van der Waals surface area contributed by atoms with Crippen LogP contribution in [-0.2, 0) is 17.8 Å². The summed E-state index contributed by atoms with van der Waals surface area (Å²) in [6, 6.07) is 14.6. The number of rotatable bonds is 11. The summed E-state index contributed by atoms with van der Waals surface area (Å²) in [6.07, 6.45) is 9.94. The quantitative estimate of drug-likeness (QED) is 0.349. The van der Waals surface area contributed by atoms with Crippen LogP contribution in [0.5, 0.6) is 5.75 Å². The number of aryl methyl sites for hydroxylation is 3. The molecule has 5 nitrogen and oxygen atoms in total. The maximum Gasteiger partial charge on any atom is 0.223 e. The Kier molecular flexibility index (Phi) is 8.62. The number of carbonyl (C=O) groups excluding carboxylic acids is 1. The van der Waals surface area contributed by atoms with E-state index in [0.29, 0.717) is 6.61 Å². The second kappa shape index (κ2) is 12.0. The van der Waals surface area contributed by atoms with Gasteiger partial charge in [0.05, 0.1) is 17.6 Å². The Morgan fingerprint density at radius 2 is 1.85 bits per heavy atom. The zero-order valence-corrected chi connectivity index (χ0v) is 20.8. The topological polar surface area (TPSA) is 56.1 Å². The van der Waals surface area contributed by atoms with Gasteiger partial charge < -0.3 is 14.6 Å². The van der Waals surface area contributed by atoms with Crippen molar-refractivity contribution in [2.75, 3.05) is 13.2 Å². The molecule has 0 aliphatic heterocycles. The highest BCUT2D eigenvalue weighted by Gasteiger charge is 2.20. The first-order valence-corrected chi connectivity index (χ1v) is 13.0. The van der Waals surface area contributed by atoms with Crippen LogP contribution in [0.2, 0.25) is 0 Å². The van der Waals surface area contributed by atoms with Crippen LogP contribution in [0.25, 0.3) is 11.0 Å². The Morgan fingerprint density at radius 3 is 2.68 bits per heavy atom. The highest BCUT2D eigenvalue weighted by molar-refractivity contribution is 5.78. The van der Waals surface area contributed by atoms with Crippen LogP contribution in [0, 0.1) is 19.8 Å². The summed E-state index contributed by atoms with van der Waals surface area (Å²) >= 11 is 0. The minimum atomic E-state index is 0.250. The van der Waals surface area contributed by atoms with Gasteiger partial charge in [0.15, 0.2) is 0 Å². The largest absolute Gasteiger partial charge is 0.492 e. The third kappa shape index (κ3) is 6.40. The Bertz CT molecular complexity index is 1080. The molecule has 4 rings (SSSR count). The van der Waals surface area contributed by atoms with Crippen LogP contribution >= 0.6 is 0 Å². The van der Waals surface area contributed by atoms with Gasteiger partial charge in [-0.05, 0) is 74.9 Å². The zero-order valence-electron chi connectivity index (χ0n) is 20.8. The number of aromatic nitrogens is 2. The van der Waals surface area contributed by atoms with Crippen LogP contribution in [0.3, 0.4) is 0 Å². The molecule has 0 bridgehead atoms. The maximum absolute atomic E-state index is 12.3. The molecule has 1 aromatic heterocycles. The van der Waals surface area contributed by atoms with E-state index in [-0.39, 0.29) is 11.8 Å². The third-order valence-electron chi connectivity index (χ3n) is 7.15. The van der Waals surface area contributed by atoms with Gasteiger partial charge in [0.1, 0.15) is 18.2 Å². The summed E-state index contributed by atoms with van der Waals surface area (Å²) in [6.45, 7) is 6.41. The number of amides is 1. The molecule has 0 radical (unpaired) electrons. The highest BCUT2D eigenvalue weighted by atomic mass is 16.5. The van der Waals surface area contributed by atoms with E-state index in [0.717, 1.165) is 68.7 Å². The van der Waals surface area contributed by atoms with Crippen molar-refractivity contribution in [1.29, 1.82) is 0 Å². The first-order valence-electron chi connectivity index (χ1n) is 13.0. The van der Waals surface area contributed by atoms with E-state index in [9.17, 15) is 4.79 Å². The Balaban J connectivity index is 1.26. The van der Waals surface area contributed by atoms with Crippen LogP contribution in [0.4, 0.5) is 0 Å². The van der Waals surface area contributed by atoms with Gasteiger partial charge in [-0.25, -0.2) is 4.98 Å². The molecular formula is C29H39N3O2. The first kappa shape index (κ1) is 24.3. The summed E-state index contributed by atoms with van der Waals surface area (Å²) in [4.78, 5) is 17.2. The van der Waals surface area contributed by atoms with E-state index >= 15 is 0 Å². The summed E-state index contributed by atoms with van der Waals surface area (Å²) in [7, 11) is 0. The number of benzene rings is 2. The minimum Gasteiger partial charge on any atom is -0.492 e. The van der Waals surface area contributed by atoms with Gasteiger partial charge in [-0.1, -0.05) is 43.9 Å². The molecule has 0 unspecified atom stereocenters. The fraction of sp³-hybridized carbons (Fsp3) is 0.517. The van der Waals surface area contributed by atoms with Gasteiger partial charge in [-0.2, -0.15) is 0 Å². The summed E-state index contributed by atoms with van der Waals surface area (Å²) < 4.78 is 8.37. The maximum atomic E-state index is 12.3. The lowest BCUT2D eigenvalue weighted by molar-refractivity contribution is -0.125. The predicted octanol–water partition coefficient (Wildman–Crippen LogP) is 6.14. The Hall–Kier alpha value is -2.82. The predicted molar refractivity (Wildman–Crippen MR) is 138 cm³/mol. The number of nitrogens with zero attached hydrogens (tertiary/aromatic N) is 2. The number of nitrogens with one attached hydrogen (secondary N) is 1. The van der Waals surface area contributed by atoms with Gasteiger partial charge in [-0.3, -0.25) is 4.79 Å². The number of carbonyl (C=O) groups is 1. The molecule has 0 spiro atoms. The second-order valence-corrected chi connectivity index (χ2v) is 9.70. The van der Waals surface area contributed by atoms with Crippen LogP contribution in [-0.4, -0.2) is 28.6 Å². The number of fused-ring (bicyclic) bond motifs is 1. The summed E-state index contributed by atoms with van der Waals surface area (Å²) in [5.41, 5.74) is 4.74. The third-order valence-corrected chi connectivity index (χ3v) is 7.15. The van der Waals surface area contributed by atoms with Gasteiger partial charge in [-0.15, -0.1) is 0 Å². The molecule has 0 saturated heterocycles. The van der Waals surface area contributed by atoms with E-state index in [1.165, 1.54) is 35.9 Å². The lowest BCUT2D eigenvalue weighted by Crippen LogP contribution is -2.32. The molecular weight excluding hydrogens is 422 g/mol. The number of imidazole rings is 1. The average Bonchev–Trinajstić information content (AvgIpc) is 3.21. The van der Waals surface area contributed by atoms with Crippen molar-refractivity contribution in [3.8, 4) is 5.75 Å². The molecule has 0 atom stereocenters. The molecule has 1 N–H and O–H groups in total. The molecule has 34 heavy (non-hydrogen) atoms. The van der Waals surface area contributed by atoms with Crippen molar-refractivity contribution < 1.29 is 9.53 Å². The first-order chi connectivity index (χ1) is 16.6. The van der Waals surface area contributed by atoms with Crippen molar-refractivity contribution in [3.63, 3.8) is 0 Å². The SMILES string of the molecule is Cc1ccc(OCCn2c(CCCCCNC(=O)C3CCCCC3)nc3ccccc32)cc1C. The monoisotopic (exact) mass is 461 g/mol. The normalized spacial score (nSPS) is 14.4. The minimum absolute atomic E-state index is 0.250. The van der Waals surface area contributed by atoms with Gasteiger partial charge in [0.25, 0.3) is 0 Å². The standard InChI is InChI=1S/C29H39N3O2/c1-22-16-17-25(21-23(22)2)34-20-19-32-27-14-9-8-13-26(27)31-28(32)15-7-4-10-18-30-29(33)24-11-5-3-6-12-24/h8-9,13-14,16-17,21,24H,3-7,10-12,15,18-20H2,1-2H3,(H,30,33). The Morgan fingerprint density at radius 1 is 1.03 bits per heavy atom. The van der Waals surface area contributed by atoms with E-state index < -0.39 is 0 Å². The van der Waals surface area contributed by atoms with E-state index in [1.807, 2.05) is 12.1 Å². The zero-order chi connectivity index (χ0) is 23.8. The van der Waals surface area contributed by atoms with E-state index in [1.54, 1.807) is 0 Å². The molecule has 5 heteroatoms. The van der Waals surface area contributed by atoms with E-state index in [4.69, 9.17) is 9.72 Å². The smallest absolute Gasteiger partial charge is 0.223 e. The number of ether oxygens (including phenoxy) is 1. The number of unbranched alkanes of at least 4 members (excludes halogenated alkanes) is 2. The fourth-order valence-corrected chi connectivity index (χ4v) is 4.93. The summed E-state index contributed by atoms with van der Waals surface area (Å²) in [5, 5.41) is 3.16. The van der Waals surface area contributed by atoms with Crippen molar-refractivity contribution >= 4 is 16.9 Å². The summed E-state index contributed by atoms with van der Waals surface area (Å²) in [5.74, 6) is 2.56. The van der Waals surface area contributed by atoms with Crippen molar-refractivity contribution in [3.05, 3.63) is 59.4 Å². The molecule has 1 amide bonds. The lowest BCUT2D eigenvalue weighted by atomic mass is 9.89. The Labute approximate surface area is 203 Å². The van der Waals surface area contributed by atoms with Crippen LogP contribution in [0.1, 0.15) is 68.3 Å². The van der Waals surface area contributed by atoms with Crippen LogP contribution < -0.4 is 10.1 Å². The molecule has 182 valence electrons. The lowest BCUT2D eigenvalue weighted by Gasteiger charge is -2.20. The number of hydrogen-bond acceptors (Lipinski definition) is 3. The second-order valence-electron chi connectivity index (χ2n) is 9.70. The average molecular weight is 462 g/mol. The highest BCUT2D eigenvalue weighted by Crippen LogP contribution is 2.24. The van der Waals surface area contributed by atoms with E-state index in [2.05, 4.69) is 54.1 Å². The van der Waals surface area contributed by atoms with Crippen molar-refractivity contribution in [2.24, 2.45) is 5.92 Å².